The van der Waals surface area contributed by atoms with E-state index < -0.39 is 83.6 Å². The summed E-state index contributed by atoms with van der Waals surface area (Å²) in [6.45, 7) is 15.6. The minimum Gasteiger partial charge on any atom is -0.459 e. The molecule has 14 atom stereocenters. The van der Waals surface area contributed by atoms with Gasteiger partial charge in [-0.3, -0.25) is 14.5 Å². The van der Waals surface area contributed by atoms with Crippen LogP contribution in [-0.4, -0.2) is 140 Å². The smallest absolute Gasteiger partial charge is 0.311 e. The van der Waals surface area contributed by atoms with Crippen LogP contribution < -0.4 is 4.84 Å². The highest BCUT2D eigenvalue weighted by atomic mass is 16.7. The Morgan fingerprint density at radius 2 is 1.81 bits per heavy atom. The van der Waals surface area contributed by atoms with Crippen molar-refractivity contribution < 1.29 is 53.4 Å². The largest absolute Gasteiger partial charge is 0.459 e. The van der Waals surface area contributed by atoms with Gasteiger partial charge in [-0.15, -0.1) is 12.3 Å². The lowest BCUT2D eigenvalue weighted by molar-refractivity contribution is -0.302. The first-order chi connectivity index (χ1) is 29.3. The van der Waals surface area contributed by atoms with Crippen LogP contribution in [0.5, 0.6) is 5.75 Å². The van der Waals surface area contributed by atoms with Crippen molar-refractivity contribution in [3.05, 3.63) is 42.7 Å². The third kappa shape index (κ3) is 11.4. The molecule has 0 radical (unpaired) electrons. The van der Waals surface area contributed by atoms with Gasteiger partial charge in [0.1, 0.15) is 23.5 Å². The van der Waals surface area contributed by atoms with Crippen molar-refractivity contribution in [2.45, 2.75) is 148 Å². The number of ether oxygens (including phenoxy) is 5. The Bertz CT molecular complexity index is 1900. The molecule has 342 valence electrons. The number of esters is 1. The molecule has 3 aliphatic rings. The molecule has 5 rings (SSSR count). The molecule has 3 N–H and O–H groups in total. The standard InChI is InChI=1S/C46H67N5O11/c1-12-14-21-50(11)36-23-28(4)59-44(40(36)54)61-41-30(6)39(53)31(7)43(55)60-37(13-2)46(10,56)42-29(5)38(48-32(8)52)27(3)24-45(41,9)58-26-33(25-57-42)49-62-35-18-16-34(17-19-35)51-22-15-20-47-51/h1,15-20,22,27-31,36-37,39-42,44,53-54,56H,13-14,21,23-26H2,2-11H3/b48-38+,49-33+/t27-,28-,29+,30+,31-,36+,37-,39+,40-,41-,42-,44?,45-,46-/m1/s1. The highest BCUT2D eigenvalue weighted by Crippen LogP contribution is 2.41. The molecule has 1 aromatic carbocycles. The first-order valence-corrected chi connectivity index (χ1v) is 21.7. The summed E-state index contributed by atoms with van der Waals surface area (Å²) in [7, 11) is 1.89. The van der Waals surface area contributed by atoms with Gasteiger partial charge >= 0.3 is 5.97 Å². The maximum absolute atomic E-state index is 14.0. The van der Waals surface area contributed by atoms with Crippen LogP contribution in [-0.2, 0) is 33.3 Å². The van der Waals surface area contributed by atoms with E-state index in [2.05, 4.69) is 21.2 Å². The number of nitrogens with zero attached hydrogens (tertiary/aromatic N) is 5. The number of carbonyl (C=O) groups is 2. The van der Waals surface area contributed by atoms with Gasteiger partial charge in [-0.25, -0.2) is 9.67 Å². The lowest BCUT2D eigenvalue weighted by Gasteiger charge is -2.48. The van der Waals surface area contributed by atoms with Crippen LogP contribution >= 0.6 is 0 Å². The molecular formula is C46H67N5O11. The minimum atomic E-state index is -1.84. The Labute approximate surface area is 365 Å². The summed E-state index contributed by atoms with van der Waals surface area (Å²) in [4.78, 5) is 39.4. The van der Waals surface area contributed by atoms with Gasteiger partial charge in [-0.2, -0.15) is 5.10 Å². The molecule has 1 amide bonds. The molecule has 1 aromatic heterocycles. The summed E-state index contributed by atoms with van der Waals surface area (Å²) in [5.74, 6) is -1.31. The molecular weight excluding hydrogens is 799 g/mol. The van der Waals surface area contributed by atoms with Crippen LogP contribution in [0.25, 0.3) is 5.69 Å². The SMILES string of the molecule is C#CCCN(C)[C@H]1C[C@@H](C)OC(O[C@@H]2[C@@H](C)[C@H](O)[C@@H](C)C(=O)O[C@H](CC)[C@@](C)(O)[C@@H]3OC/C(=N\Oc4ccc(-n5cccn5)cc4)CO[C@]2(C)C[C@@H](C)/C(=N\C(C)=O)[C@@H]3C)[C@@H]1O. The number of aliphatic hydroxyl groups is 3. The van der Waals surface area contributed by atoms with Gasteiger partial charge in [0.25, 0.3) is 0 Å². The predicted molar refractivity (Wildman–Crippen MR) is 232 cm³/mol. The number of cyclic esters (lactones) is 1. The van der Waals surface area contributed by atoms with E-state index in [0.717, 1.165) is 5.69 Å². The van der Waals surface area contributed by atoms with Crippen LogP contribution in [0, 0.1) is 36.0 Å². The van der Waals surface area contributed by atoms with Crippen molar-refractivity contribution in [3.63, 3.8) is 0 Å². The summed E-state index contributed by atoms with van der Waals surface area (Å²) >= 11 is 0. The molecule has 3 fully saturated rings. The van der Waals surface area contributed by atoms with E-state index in [4.69, 9.17) is 34.9 Å². The Balaban J connectivity index is 1.66. The molecule has 2 bridgehead atoms. The number of terminal acetylenes is 1. The number of aromatic nitrogens is 2. The van der Waals surface area contributed by atoms with Crippen LogP contribution in [0.15, 0.2) is 52.9 Å². The molecule has 1 unspecified atom stereocenters. The van der Waals surface area contributed by atoms with E-state index >= 15 is 0 Å². The number of benzene rings is 1. The third-order valence-electron chi connectivity index (χ3n) is 12.7. The first kappa shape index (κ1) is 49.0. The second-order valence-corrected chi connectivity index (χ2v) is 17.8. The van der Waals surface area contributed by atoms with Crippen molar-refractivity contribution in [2.75, 3.05) is 26.8 Å². The summed E-state index contributed by atoms with van der Waals surface area (Å²) in [5.41, 5.74) is -1.69. The second kappa shape index (κ2) is 21.1. The molecule has 16 nitrogen and oxygen atoms in total. The van der Waals surface area contributed by atoms with E-state index in [-0.39, 0.29) is 43.9 Å². The Morgan fingerprint density at radius 1 is 1.10 bits per heavy atom. The number of likely N-dealkylation sites (N-methyl/N-ethyl adjacent to an activating group) is 1. The van der Waals surface area contributed by atoms with Crippen LogP contribution in [0.2, 0.25) is 0 Å². The number of aliphatic imine (C=N–C) groups is 1. The Morgan fingerprint density at radius 3 is 2.44 bits per heavy atom. The van der Waals surface area contributed by atoms with Gasteiger partial charge in [-0.1, -0.05) is 32.9 Å². The van der Waals surface area contributed by atoms with Gasteiger partial charge in [0.15, 0.2) is 12.0 Å². The van der Waals surface area contributed by atoms with E-state index in [1.54, 1.807) is 43.8 Å². The molecule has 0 spiro atoms. The molecule has 62 heavy (non-hydrogen) atoms. The number of hydrogen-bond donors (Lipinski definition) is 3. The van der Waals surface area contributed by atoms with Gasteiger partial charge in [0.05, 0.1) is 54.8 Å². The van der Waals surface area contributed by atoms with Gasteiger partial charge in [-0.05, 0) is 90.3 Å². The number of aliphatic hydroxyl groups excluding tert-OH is 2. The van der Waals surface area contributed by atoms with Crippen LogP contribution in [0.1, 0.15) is 88.0 Å². The molecule has 4 heterocycles. The Kier molecular flexibility index (Phi) is 16.7. The van der Waals surface area contributed by atoms with Crippen molar-refractivity contribution in [2.24, 2.45) is 33.8 Å². The maximum atomic E-state index is 14.0. The van der Waals surface area contributed by atoms with E-state index in [9.17, 15) is 24.9 Å². The first-order valence-electron chi connectivity index (χ1n) is 21.7. The third-order valence-corrected chi connectivity index (χ3v) is 12.7. The summed E-state index contributed by atoms with van der Waals surface area (Å²) in [6, 6.07) is 8.61. The highest BCUT2D eigenvalue weighted by molar-refractivity contribution is 5.98. The molecule has 0 aliphatic carbocycles. The lowest BCUT2D eigenvalue weighted by atomic mass is 9.73. The monoisotopic (exact) mass is 865 g/mol. The number of oxime groups is 1. The molecule has 3 aliphatic heterocycles. The zero-order valence-corrected chi connectivity index (χ0v) is 37.8. The second-order valence-electron chi connectivity index (χ2n) is 17.8. The normalized spacial score (nSPS) is 37.8. The maximum Gasteiger partial charge on any atom is 0.311 e. The van der Waals surface area contributed by atoms with Crippen molar-refractivity contribution in [3.8, 4) is 23.8 Å². The summed E-state index contributed by atoms with van der Waals surface area (Å²) in [6.07, 6.45) is 3.11. The van der Waals surface area contributed by atoms with Crippen LogP contribution in [0.3, 0.4) is 0 Å². The quantitative estimate of drug-likeness (QED) is 0.183. The zero-order valence-electron chi connectivity index (χ0n) is 37.8. The average Bonchev–Trinajstić information content (AvgIpc) is 3.78. The summed E-state index contributed by atoms with van der Waals surface area (Å²) in [5, 5.41) is 45.3. The predicted octanol–water partition coefficient (Wildman–Crippen LogP) is 4.36. The zero-order chi connectivity index (χ0) is 45.5. The molecule has 3 saturated heterocycles. The van der Waals surface area contributed by atoms with Crippen molar-refractivity contribution >= 4 is 23.3 Å². The minimum absolute atomic E-state index is 0.156. The van der Waals surface area contributed by atoms with E-state index in [0.29, 0.717) is 30.8 Å². The average molecular weight is 866 g/mol. The van der Waals surface area contributed by atoms with Crippen molar-refractivity contribution in [1.29, 1.82) is 0 Å². The topological polar surface area (TPSA) is 196 Å². The molecule has 0 saturated carbocycles. The fourth-order valence-corrected chi connectivity index (χ4v) is 9.29. The fraction of sp³-hybridized carbons (Fsp3) is 0.674. The highest BCUT2D eigenvalue weighted by Gasteiger charge is 2.53. The van der Waals surface area contributed by atoms with Crippen LogP contribution in [0.4, 0.5) is 0 Å². The van der Waals surface area contributed by atoms with Gasteiger partial charge in [0, 0.05) is 55.9 Å². The van der Waals surface area contributed by atoms with Gasteiger partial charge < -0.3 is 43.8 Å². The lowest BCUT2D eigenvalue weighted by Crippen LogP contribution is -2.61. The number of amides is 1. The number of hydrogen-bond acceptors (Lipinski definition) is 14. The van der Waals surface area contributed by atoms with E-state index in [1.165, 1.54) is 13.8 Å². The van der Waals surface area contributed by atoms with E-state index in [1.807, 2.05) is 64.0 Å². The van der Waals surface area contributed by atoms with Crippen molar-refractivity contribution in [1.82, 2.24) is 14.7 Å². The number of fused-ring (bicyclic) bond motifs is 5. The van der Waals surface area contributed by atoms with Gasteiger partial charge in [0.2, 0.25) is 5.91 Å². The fourth-order valence-electron chi connectivity index (χ4n) is 9.29. The Hall–Kier alpha value is -4.05. The summed E-state index contributed by atoms with van der Waals surface area (Å²) < 4.78 is 34.6. The number of carbonyl (C=O) groups excluding carboxylic acids is 2. The number of rotatable bonds is 9. The molecule has 2 aromatic rings. The molecule has 16 heteroatoms.